The second kappa shape index (κ2) is 7.02. The Morgan fingerprint density at radius 1 is 0.875 bits per heavy atom. The maximum Gasteiger partial charge on any atom is 0.122 e. The van der Waals surface area contributed by atoms with Crippen LogP contribution < -0.4 is 9.64 Å². The van der Waals surface area contributed by atoms with E-state index in [1.165, 1.54) is 73.0 Å². The van der Waals surface area contributed by atoms with Gasteiger partial charge >= 0.3 is 0 Å². The second-order valence-corrected chi connectivity index (χ2v) is 12.4. The molecule has 1 heterocycles. The lowest BCUT2D eigenvalue weighted by Gasteiger charge is -2.57. The highest BCUT2D eigenvalue weighted by molar-refractivity contribution is 5.73. The fraction of sp³-hybridized carbons (Fsp3) is 0.600. The van der Waals surface area contributed by atoms with Gasteiger partial charge in [0.25, 0.3) is 0 Å². The van der Waals surface area contributed by atoms with Gasteiger partial charge in [-0.05, 0) is 130 Å². The van der Waals surface area contributed by atoms with E-state index < -0.39 is 0 Å². The molecule has 4 fully saturated rings. The lowest BCUT2D eigenvalue weighted by Crippen LogP contribution is -2.49. The minimum Gasteiger partial charge on any atom is -0.496 e. The van der Waals surface area contributed by atoms with Crippen molar-refractivity contribution in [1.29, 1.82) is 0 Å². The molecule has 0 radical (unpaired) electrons. The summed E-state index contributed by atoms with van der Waals surface area (Å²) in [5.41, 5.74) is 7.48. The smallest absolute Gasteiger partial charge is 0.122 e. The minimum absolute atomic E-state index is 0.0769. The van der Waals surface area contributed by atoms with E-state index in [-0.39, 0.29) is 5.54 Å². The summed E-state index contributed by atoms with van der Waals surface area (Å²) < 4.78 is 6.02. The van der Waals surface area contributed by atoms with E-state index in [4.69, 9.17) is 4.74 Å². The molecule has 4 aliphatic carbocycles. The third-order valence-electron chi connectivity index (χ3n) is 9.42. The third-order valence-corrected chi connectivity index (χ3v) is 9.42. The van der Waals surface area contributed by atoms with E-state index in [0.29, 0.717) is 11.3 Å². The van der Waals surface area contributed by atoms with Gasteiger partial charge in [0.2, 0.25) is 0 Å². The molecule has 0 amide bonds. The Balaban J connectivity index is 1.50. The molecule has 5 aliphatic rings. The van der Waals surface area contributed by atoms with Crippen molar-refractivity contribution < 1.29 is 4.74 Å². The van der Waals surface area contributed by atoms with Gasteiger partial charge in [0.15, 0.2) is 0 Å². The fourth-order valence-corrected chi connectivity index (χ4v) is 8.72. The van der Waals surface area contributed by atoms with Crippen LogP contribution in [0.15, 0.2) is 36.4 Å². The summed E-state index contributed by atoms with van der Waals surface area (Å²) in [6, 6.07) is 14.2. The first kappa shape index (κ1) is 20.6. The predicted octanol–water partition coefficient (Wildman–Crippen LogP) is 7.90. The molecular formula is C30H39NO. The zero-order valence-corrected chi connectivity index (χ0v) is 20.6. The van der Waals surface area contributed by atoms with Crippen LogP contribution in [0.2, 0.25) is 0 Å². The molecule has 0 N–H and O–H groups in total. The van der Waals surface area contributed by atoms with Crippen molar-refractivity contribution in [1.82, 2.24) is 0 Å². The van der Waals surface area contributed by atoms with Gasteiger partial charge in [-0.25, -0.2) is 0 Å². The van der Waals surface area contributed by atoms with E-state index in [1.807, 2.05) is 7.11 Å². The van der Waals surface area contributed by atoms with Crippen molar-refractivity contribution in [3.8, 4) is 5.75 Å². The van der Waals surface area contributed by atoms with Crippen LogP contribution in [0.3, 0.4) is 0 Å². The lowest BCUT2D eigenvalue weighted by molar-refractivity contribution is -0.00614. The molecule has 1 atom stereocenters. The summed E-state index contributed by atoms with van der Waals surface area (Å²) in [5, 5.41) is 0. The summed E-state index contributed by atoms with van der Waals surface area (Å²) >= 11 is 0. The van der Waals surface area contributed by atoms with Gasteiger partial charge in [-0.3, -0.25) is 0 Å². The van der Waals surface area contributed by atoms with Crippen LogP contribution in [0.25, 0.3) is 0 Å². The van der Waals surface area contributed by atoms with Gasteiger partial charge in [0.05, 0.1) is 7.11 Å². The summed E-state index contributed by atoms with van der Waals surface area (Å²) in [6.45, 7) is 9.45. The van der Waals surface area contributed by atoms with Crippen molar-refractivity contribution in [2.24, 2.45) is 17.8 Å². The van der Waals surface area contributed by atoms with E-state index in [0.717, 1.165) is 23.5 Å². The van der Waals surface area contributed by atoms with Crippen molar-refractivity contribution in [3.63, 3.8) is 0 Å². The Bertz CT molecular complexity index is 1020. The maximum atomic E-state index is 6.02. The molecule has 2 heteroatoms. The van der Waals surface area contributed by atoms with E-state index in [1.54, 1.807) is 0 Å². The molecule has 170 valence electrons. The van der Waals surface area contributed by atoms with Crippen LogP contribution in [0.4, 0.5) is 11.4 Å². The van der Waals surface area contributed by atoms with Gasteiger partial charge in [0, 0.05) is 22.5 Å². The standard InChI is InChI=1S/C30H39NO/c1-19-6-8-25-20(2)15-29(3,4)31(27(25)10-19)24-7-9-28(32-5)26(14-24)30-16-21-11-22(17-30)13-23(12-21)18-30/h6-10,14,20-23H,11-13,15-18H2,1-5H3. The zero-order chi connectivity index (χ0) is 22.3. The quantitative estimate of drug-likeness (QED) is 0.492. The monoisotopic (exact) mass is 429 g/mol. The van der Waals surface area contributed by atoms with Crippen LogP contribution in [0.1, 0.15) is 88.3 Å². The molecular weight excluding hydrogens is 390 g/mol. The highest BCUT2D eigenvalue weighted by Crippen LogP contribution is 2.62. The summed E-state index contributed by atoms with van der Waals surface area (Å²) in [5.74, 6) is 4.50. The molecule has 32 heavy (non-hydrogen) atoms. The molecule has 0 spiro atoms. The van der Waals surface area contributed by atoms with Gasteiger partial charge < -0.3 is 9.64 Å². The van der Waals surface area contributed by atoms with Gasteiger partial charge in [-0.15, -0.1) is 0 Å². The number of ether oxygens (including phenoxy) is 1. The van der Waals surface area contributed by atoms with Crippen LogP contribution in [-0.2, 0) is 5.41 Å². The van der Waals surface area contributed by atoms with Crippen molar-refractivity contribution in [3.05, 3.63) is 53.1 Å². The molecule has 4 bridgehead atoms. The van der Waals surface area contributed by atoms with Crippen molar-refractivity contribution >= 4 is 11.4 Å². The number of methoxy groups -OCH3 is 1. The Kier molecular flexibility index (Phi) is 4.52. The van der Waals surface area contributed by atoms with E-state index in [9.17, 15) is 0 Å². The van der Waals surface area contributed by atoms with Crippen molar-refractivity contribution in [2.75, 3.05) is 12.0 Å². The average Bonchev–Trinajstić information content (AvgIpc) is 2.72. The van der Waals surface area contributed by atoms with Gasteiger partial charge in [-0.2, -0.15) is 0 Å². The van der Waals surface area contributed by atoms with Gasteiger partial charge in [0.1, 0.15) is 5.75 Å². The largest absolute Gasteiger partial charge is 0.496 e. The molecule has 1 unspecified atom stereocenters. The summed E-state index contributed by atoms with van der Waals surface area (Å²) in [4.78, 5) is 2.64. The Labute approximate surface area is 194 Å². The number of hydrogen-bond donors (Lipinski definition) is 0. The van der Waals surface area contributed by atoms with Crippen LogP contribution >= 0.6 is 0 Å². The Hall–Kier alpha value is -1.96. The first-order valence-corrected chi connectivity index (χ1v) is 12.9. The molecule has 0 aromatic heterocycles. The minimum atomic E-state index is 0.0769. The lowest BCUT2D eigenvalue weighted by atomic mass is 9.48. The molecule has 2 aromatic carbocycles. The molecule has 2 nitrogen and oxygen atoms in total. The number of nitrogens with zero attached hydrogens (tertiary/aromatic N) is 1. The maximum absolute atomic E-state index is 6.02. The second-order valence-electron chi connectivity index (χ2n) is 12.4. The fourth-order valence-electron chi connectivity index (χ4n) is 8.72. The molecule has 4 saturated carbocycles. The number of aryl methyl sites for hydroxylation is 1. The van der Waals surface area contributed by atoms with E-state index in [2.05, 4.69) is 69.0 Å². The number of fused-ring (bicyclic) bond motifs is 1. The number of hydrogen-bond acceptors (Lipinski definition) is 2. The van der Waals surface area contributed by atoms with Gasteiger partial charge in [-0.1, -0.05) is 19.1 Å². The first-order chi connectivity index (χ1) is 15.3. The third kappa shape index (κ3) is 3.05. The van der Waals surface area contributed by atoms with Crippen molar-refractivity contribution in [2.45, 2.75) is 89.5 Å². The topological polar surface area (TPSA) is 12.5 Å². The number of rotatable bonds is 3. The van der Waals surface area contributed by atoms with Crippen LogP contribution in [0, 0.1) is 24.7 Å². The molecule has 7 rings (SSSR count). The number of anilines is 2. The number of benzene rings is 2. The highest BCUT2D eigenvalue weighted by atomic mass is 16.5. The average molecular weight is 430 g/mol. The Morgan fingerprint density at radius 2 is 1.53 bits per heavy atom. The highest BCUT2D eigenvalue weighted by Gasteiger charge is 2.52. The summed E-state index contributed by atoms with van der Waals surface area (Å²) in [7, 11) is 1.87. The Morgan fingerprint density at radius 3 is 2.16 bits per heavy atom. The summed E-state index contributed by atoms with van der Waals surface area (Å²) in [6.07, 6.45) is 9.71. The normalized spacial score (nSPS) is 34.5. The van der Waals surface area contributed by atoms with E-state index >= 15 is 0 Å². The molecule has 1 aliphatic heterocycles. The van der Waals surface area contributed by atoms with Crippen LogP contribution in [-0.4, -0.2) is 12.6 Å². The molecule has 0 saturated heterocycles. The molecule has 2 aromatic rings. The predicted molar refractivity (Wildman–Crippen MR) is 133 cm³/mol. The SMILES string of the molecule is COc1ccc(N2c3cc(C)ccc3C(C)CC2(C)C)cc1C12CC3CC(CC(C3)C1)C2. The zero-order valence-electron chi connectivity index (χ0n) is 20.6. The van der Waals surface area contributed by atoms with Crippen LogP contribution in [0.5, 0.6) is 5.75 Å². The first-order valence-electron chi connectivity index (χ1n) is 12.9.